The van der Waals surface area contributed by atoms with E-state index in [0.717, 1.165) is 37.2 Å². The summed E-state index contributed by atoms with van der Waals surface area (Å²) in [6.45, 7) is 0.524. The van der Waals surface area contributed by atoms with Gasteiger partial charge in [0.15, 0.2) is 6.17 Å². The molecule has 1 aromatic heterocycles. The molecule has 1 aliphatic heterocycles. The summed E-state index contributed by atoms with van der Waals surface area (Å²) in [5.74, 6) is -0.613. The van der Waals surface area contributed by atoms with Crippen molar-refractivity contribution in [3.05, 3.63) is 88.8 Å². The quantitative estimate of drug-likeness (QED) is 0.476. The summed E-state index contributed by atoms with van der Waals surface area (Å²) >= 11 is 1.05. The first-order chi connectivity index (χ1) is 16.9. The standard InChI is InChI=1S/C24H26N4O5S2/c25-15-19-8-4-9-20(14-19)16-26-22(29)23-27(24(30)33-17-18-6-2-1-3-7-18)11-12-28(23)35(31,32)21-10-5-13-34-21/h1-10,13-14,23H,11-12,15-17,25H2,(H,26,29). The minimum atomic E-state index is -3.99. The highest BCUT2D eigenvalue weighted by atomic mass is 32.2. The second-order valence-electron chi connectivity index (χ2n) is 7.90. The van der Waals surface area contributed by atoms with E-state index in [1.165, 1.54) is 6.07 Å². The van der Waals surface area contributed by atoms with Crippen LogP contribution >= 0.6 is 11.3 Å². The van der Waals surface area contributed by atoms with Crippen LogP contribution in [0.4, 0.5) is 4.79 Å². The van der Waals surface area contributed by atoms with Crippen molar-refractivity contribution < 1.29 is 22.7 Å². The third kappa shape index (κ3) is 5.70. The van der Waals surface area contributed by atoms with E-state index in [1.54, 1.807) is 11.4 Å². The first-order valence-corrected chi connectivity index (χ1v) is 13.3. The van der Waals surface area contributed by atoms with Crippen LogP contribution in [-0.2, 0) is 39.3 Å². The van der Waals surface area contributed by atoms with Gasteiger partial charge in [-0.3, -0.25) is 9.69 Å². The normalized spacial score (nSPS) is 16.3. The fraction of sp³-hybridized carbons (Fsp3) is 0.250. The molecule has 0 spiro atoms. The van der Waals surface area contributed by atoms with Gasteiger partial charge in [-0.2, -0.15) is 4.31 Å². The lowest BCUT2D eigenvalue weighted by atomic mass is 10.1. The van der Waals surface area contributed by atoms with Gasteiger partial charge in [0.2, 0.25) is 0 Å². The van der Waals surface area contributed by atoms with E-state index in [0.29, 0.717) is 6.54 Å². The lowest BCUT2D eigenvalue weighted by Crippen LogP contribution is -2.53. The molecule has 1 unspecified atom stereocenters. The van der Waals surface area contributed by atoms with Gasteiger partial charge in [0.1, 0.15) is 10.8 Å². The summed E-state index contributed by atoms with van der Waals surface area (Å²) < 4.78 is 33.1. The fourth-order valence-corrected chi connectivity index (χ4v) is 6.46. The van der Waals surface area contributed by atoms with E-state index < -0.39 is 28.2 Å². The summed E-state index contributed by atoms with van der Waals surface area (Å²) in [5, 5.41) is 4.41. The van der Waals surface area contributed by atoms with E-state index in [4.69, 9.17) is 10.5 Å². The molecule has 184 valence electrons. The van der Waals surface area contributed by atoms with Crippen LogP contribution in [0.25, 0.3) is 0 Å². The number of nitrogens with one attached hydrogen (secondary N) is 1. The van der Waals surface area contributed by atoms with Crippen molar-refractivity contribution in [2.75, 3.05) is 13.1 Å². The predicted molar refractivity (Wildman–Crippen MR) is 132 cm³/mol. The second-order valence-corrected chi connectivity index (χ2v) is 11.0. The number of amides is 2. The third-order valence-electron chi connectivity index (χ3n) is 5.56. The number of carbonyl (C=O) groups is 2. The SMILES string of the molecule is NCc1cccc(CNC(=O)C2N(C(=O)OCc3ccccc3)CCN2S(=O)(=O)c2cccs2)c1. The van der Waals surface area contributed by atoms with E-state index in [9.17, 15) is 18.0 Å². The molecule has 0 radical (unpaired) electrons. The lowest BCUT2D eigenvalue weighted by Gasteiger charge is -2.28. The number of rotatable bonds is 8. The molecule has 1 saturated heterocycles. The monoisotopic (exact) mass is 514 g/mol. The van der Waals surface area contributed by atoms with Gasteiger partial charge in [0.25, 0.3) is 15.9 Å². The van der Waals surface area contributed by atoms with E-state index in [1.807, 2.05) is 54.6 Å². The summed E-state index contributed by atoms with van der Waals surface area (Å²) in [4.78, 5) is 27.4. The van der Waals surface area contributed by atoms with E-state index in [-0.39, 0.29) is 30.5 Å². The Hall–Kier alpha value is -3.25. The molecule has 2 aromatic carbocycles. The zero-order chi connectivity index (χ0) is 24.8. The minimum absolute atomic E-state index is 0.00800. The van der Waals surface area contributed by atoms with Gasteiger partial charge in [-0.15, -0.1) is 11.3 Å². The third-order valence-corrected chi connectivity index (χ3v) is 8.78. The molecule has 35 heavy (non-hydrogen) atoms. The van der Waals surface area contributed by atoms with Gasteiger partial charge < -0.3 is 15.8 Å². The van der Waals surface area contributed by atoms with Crippen LogP contribution < -0.4 is 11.1 Å². The van der Waals surface area contributed by atoms with Crippen LogP contribution in [0.15, 0.2) is 76.3 Å². The Balaban J connectivity index is 1.54. The fourth-order valence-electron chi connectivity index (χ4n) is 3.80. The largest absolute Gasteiger partial charge is 0.444 e. The van der Waals surface area contributed by atoms with Crippen LogP contribution in [0.5, 0.6) is 0 Å². The summed E-state index contributed by atoms with van der Waals surface area (Å²) in [6.07, 6.45) is -2.13. The molecule has 0 aliphatic carbocycles. The number of benzene rings is 2. The van der Waals surface area contributed by atoms with Gasteiger partial charge in [-0.25, -0.2) is 13.2 Å². The van der Waals surface area contributed by atoms with Crippen molar-refractivity contribution in [3.8, 4) is 0 Å². The Morgan fingerprint density at radius 1 is 1.00 bits per heavy atom. The smallest absolute Gasteiger partial charge is 0.411 e. The number of hydrogen-bond donors (Lipinski definition) is 2. The highest BCUT2D eigenvalue weighted by Crippen LogP contribution is 2.28. The molecular formula is C24H26N4O5S2. The minimum Gasteiger partial charge on any atom is -0.444 e. The van der Waals surface area contributed by atoms with Crippen molar-refractivity contribution in [3.63, 3.8) is 0 Å². The molecular weight excluding hydrogens is 488 g/mol. The molecule has 1 aliphatic rings. The Morgan fingerprint density at radius 3 is 2.46 bits per heavy atom. The summed E-state index contributed by atoms with van der Waals surface area (Å²) in [6, 6.07) is 19.6. The molecule has 2 amide bonds. The number of ether oxygens (including phenoxy) is 1. The van der Waals surface area contributed by atoms with Gasteiger partial charge in [-0.05, 0) is 28.1 Å². The molecule has 0 bridgehead atoms. The maximum absolute atomic E-state index is 13.3. The number of sulfonamides is 1. The number of carbonyl (C=O) groups excluding carboxylic acids is 2. The highest BCUT2D eigenvalue weighted by molar-refractivity contribution is 7.91. The van der Waals surface area contributed by atoms with Crippen molar-refractivity contribution >= 4 is 33.4 Å². The topological polar surface area (TPSA) is 122 Å². The molecule has 1 atom stereocenters. The molecule has 4 rings (SSSR count). The first-order valence-electron chi connectivity index (χ1n) is 11.0. The lowest BCUT2D eigenvalue weighted by molar-refractivity contribution is -0.127. The van der Waals surface area contributed by atoms with Crippen molar-refractivity contribution in [1.82, 2.24) is 14.5 Å². The zero-order valence-corrected chi connectivity index (χ0v) is 20.5. The highest BCUT2D eigenvalue weighted by Gasteiger charge is 2.47. The maximum Gasteiger partial charge on any atom is 0.411 e. The van der Waals surface area contributed by atoms with Crippen molar-refractivity contribution in [2.24, 2.45) is 5.73 Å². The molecule has 1 fully saturated rings. The van der Waals surface area contributed by atoms with Gasteiger partial charge in [0, 0.05) is 26.2 Å². The summed E-state index contributed by atoms with van der Waals surface area (Å²) in [5.41, 5.74) is 8.19. The summed E-state index contributed by atoms with van der Waals surface area (Å²) in [7, 11) is -3.99. The van der Waals surface area contributed by atoms with Gasteiger partial charge in [-0.1, -0.05) is 60.7 Å². The van der Waals surface area contributed by atoms with Gasteiger partial charge >= 0.3 is 6.09 Å². The molecule has 3 N–H and O–H groups in total. The van der Waals surface area contributed by atoms with Crippen LogP contribution in [0.3, 0.4) is 0 Å². The van der Waals surface area contributed by atoms with Crippen LogP contribution in [0.2, 0.25) is 0 Å². The second kappa shape index (κ2) is 11.0. The average molecular weight is 515 g/mol. The van der Waals surface area contributed by atoms with Crippen molar-refractivity contribution in [2.45, 2.75) is 30.1 Å². The Morgan fingerprint density at radius 2 is 1.74 bits per heavy atom. The zero-order valence-electron chi connectivity index (χ0n) is 18.9. The van der Waals surface area contributed by atoms with Crippen LogP contribution in [-0.4, -0.2) is 48.9 Å². The molecule has 0 saturated carbocycles. The van der Waals surface area contributed by atoms with E-state index >= 15 is 0 Å². The first kappa shape index (κ1) is 24.9. The Labute approximate surface area is 208 Å². The van der Waals surface area contributed by atoms with E-state index in [2.05, 4.69) is 5.32 Å². The average Bonchev–Trinajstić information content (AvgIpc) is 3.58. The van der Waals surface area contributed by atoms with Gasteiger partial charge in [0.05, 0.1) is 0 Å². The Bertz CT molecular complexity index is 1270. The maximum atomic E-state index is 13.3. The molecule has 9 nitrogen and oxygen atoms in total. The van der Waals surface area contributed by atoms with Crippen molar-refractivity contribution in [1.29, 1.82) is 0 Å². The number of nitrogens with zero attached hydrogens (tertiary/aromatic N) is 2. The number of thiophene rings is 1. The molecule has 3 aromatic rings. The number of hydrogen-bond acceptors (Lipinski definition) is 7. The Kier molecular flexibility index (Phi) is 7.81. The predicted octanol–water partition coefficient (Wildman–Crippen LogP) is 2.49. The number of nitrogens with two attached hydrogens (primary N) is 1. The molecule has 2 heterocycles. The van der Waals surface area contributed by atoms with Crippen LogP contribution in [0.1, 0.15) is 16.7 Å². The molecule has 11 heteroatoms. The van der Waals surface area contributed by atoms with Crippen LogP contribution in [0, 0.1) is 0 Å².